The highest BCUT2D eigenvalue weighted by molar-refractivity contribution is 5.95. The van der Waals surface area contributed by atoms with Crippen LogP contribution in [0.2, 0.25) is 0 Å². The van der Waals surface area contributed by atoms with Gasteiger partial charge in [0.25, 0.3) is 5.91 Å². The molecular weight excluding hydrogens is 484 g/mol. The van der Waals surface area contributed by atoms with E-state index in [-0.39, 0.29) is 24.6 Å². The number of nitrogens with zero attached hydrogens (tertiary/aromatic N) is 1. The van der Waals surface area contributed by atoms with Crippen LogP contribution in [-0.4, -0.2) is 43.8 Å². The van der Waals surface area contributed by atoms with Crippen LogP contribution < -0.4 is 24.3 Å². The van der Waals surface area contributed by atoms with Gasteiger partial charge >= 0.3 is 0 Å². The van der Waals surface area contributed by atoms with Gasteiger partial charge in [0, 0.05) is 31.1 Å². The lowest BCUT2D eigenvalue weighted by Gasteiger charge is -2.25. The standard InChI is InChI=1S/C30H34N2O6/c1-4-24(31-30(34)23-11-13-27-28(17-23)38-20-37-27)12-14-29(33)32(18-21-7-5-9-25(15-21)35-2)19-22-8-6-10-26(16-22)36-3/h5-11,13,15-17,24H,4,12,14,18-20H2,1-3H3,(H,31,34). The van der Waals surface area contributed by atoms with Gasteiger partial charge in [0.1, 0.15) is 11.5 Å². The lowest BCUT2D eigenvalue weighted by Crippen LogP contribution is -2.36. The number of fused-ring (bicyclic) bond motifs is 1. The molecule has 8 nitrogen and oxygen atoms in total. The molecule has 1 aliphatic heterocycles. The van der Waals surface area contributed by atoms with E-state index in [0.717, 1.165) is 22.6 Å². The lowest BCUT2D eigenvalue weighted by atomic mass is 10.1. The van der Waals surface area contributed by atoms with Gasteiger partial charge in [0.05, 0.1) is 14.2 Å². The van der Waals surface area contributed by atoms with E-state index in [1.807, 2.05) is 60.4 Å². The molecule has 2 amide bonds. The number of methoxy groups -OCH3 is 2. The maximum Gasteiger partial charge on any atom is 0.251 e. The Morgan fingerprint density at radius 3 is 2.13 bits per heavy atom. The van der Waals surface area contributed by atoms with Crippen LogP contribution in [0.5, 0.6) is 23.0 Å². The van der Waals surface area contributed by atoms with Gasteiger partial charge in [-0.05, 0) is 66.4 Å². The minimum absolute atomic E-state index is 0.00594. The summed E-state index contributed by atoms with van der Waals surface area (Å²) in [5.74, 6) is 2.48. The first-order valence-corrected chi connectivity index (χ1v) is 12.7. The van der Waals surface area contributed by atoms with Crippen LogP contribution in [0.15, 0.2) is 66.7 Å². The Morgan fingerprint density at radius 1 is 0.895 bits per heavy atom. The Balaban J connectivity index is 1.42. The van der Waals surface area contributed by atoms with E-state index in [4.69, 9.17) is 18.9 Å². The summed E-state index contributed by atoms with van der Waals surface area (Å²) in [7, 11) is 3.25. The molecule has 3 aromatic rings. The maximum absolute atomic E-state index is 13.5. The van der Waals surface area contributed by atoms with Crippen molar-refractivity contribution in [2.24, 2.45) is 0 Å². The van der Waals surface area contributed by atoms with E-state index in [0.29, 0.717) is 49.4 Å². The number of ether oxygens (including phenoxy) is 4. The highest BCUT2D eigenvalue weighted by Crippen LogP contribution is 2.32. The highest BCUT2D eigenvalue weighted by atomic mass is 16.7. The first kappa shape index (κ1) is 26.9. The van der Waals surface area contributed by atoms with Crippen LogP contribution in [0, 0.1) is 0 Å². The zero-order valence-corrected chi connectivity index (χ0v) is 22.1. The smallest absolute Gasteiger partial charge is 0.251 e. The summed E-state index contributed by atoms with van der Waals surface area (Å²) in [5.41, 5.74) is 2.45. The number of carbonyl (C=O) groups excluding carboxylic acids is 2. The van der Waals surface area contributed by atoms with Crippen LogP contribution in [0.4, 0.5) is 0 Å². The summed E-state index contributed by atoms with van der Waals surface area (Å²) in [4.78, 5) is 28.2. The van der Waals surface area contributed by atoms with E-state index in [2.05, 4.69) is 5.32 Å². The van der Waals surface area contributed by atoms with Crippen molar-refractivity contribution in [2.75, 3.05) is 21.0 Å². The van der Waals surface area contributed by atoms with E-state index in [1.54, 1.807) is 32.4 Å². The summed E-state index contributed by atoms with van der Waals surface area (Å²) in [6.07, 6.45) is 1.53. The molecule has 1 unspecified atom stereocenters. The highest BCUT2D eigenvalue weighted by Gasteiger charge is 2.21. The molecule has 38 heavy (non-hydrogen) atoms. The average Bonchev–Trinajstić information content (AvgIpc) is 3.43. The lowest BCUT2D eigenvalue weighted by molar-refractivity contribution is -0.132. The van der Waals surface area contributed by atoms with E-state index in [9.17, 15) is 9.59 Å². The molecule has 0 spiro atoms. The van der Waals surface area contributed by atoms with Crippen molar-refractivity contribution in [3.8, 4) is 23.0 Å². The summed E-state index contributed by atoms with van der Waals surface area (Å²) in [6, 6.07) is 20.4. The number of benzene rings is 3. The second kappa shape index (κ2) is 12.9. The molecule has 1 atom stereocenters. The molecule has 0 saturated heterocycles. The molecule has 0 fully saturated rings. The van der Waals surface area contributed by atoms with Crippen LogP contribution in [0.3, 0.4) is 0 Å². The molecule has 0 saturated carbocycles. The predicted molar refractivity (Wildman–Crippen MR) is 144 cm³/mol. The molecule has 0 aliphatic carbocycles. The molecular formula is C30H34N2O6. The Labute approximate surface area is 223 Å². The van der Waals surface area contributed by atoms with Crippen molar-refractivity contribution in [1.29, 1.82) is 0 Å². The van der Waals surface area contributed by atoms with Crippen LogP contribution in [0.25, 0.3) is 0 Å². The van der Waals surface area contributed by atoms with Crippen molar-refractivity contribution in [1.82, 2.24) is 10.2 Å². The van der Waals surface area contributed by atoms with Gasteiger partial charge in [0.2, 0.25) is 12.7 Å². The van der Waals surface area contributed by atoms with Crippen molar-refractivity contribution < 1.29 is 28.5 Å². The fourth-order valence-electron chi connectivity index (χ4n) is 4.36. The first-order chi connectivity index (χ1) is 18.5. The SMILES string of the molecule is CCC(CCC(=O)N(Cc1cccc(OC)c1)Cc1cccc(OC)c1)NC(=O)c1ccc2c(c1)OCO2. The third-order valence-corrected chi connectivity index (χ3v) is 6.54. The third kappa shape index (κ3) is 6.97. The number of nitrogens with one attached hydrogen (secondary N) is 1. The third-order valence-electron chi connectivity index (χ3n) is 6.54. The van der Waals surface area contributed by atoms with Crippen LogP contribution in [0.1, 0.15) is 47.7 Å². The molecule has 4 rings (SSSR count). The van der Waals surface area contributed by atoms with Gasteiger partial charge in [-0.1, -0.05) is 31.2 Å². The van der Waals surface area contributed by atoms with Crippen molar-refractivity contribution in [3.63, 3.8) is 0 Å². The quantitative estimate of drug-likeness (QED) is 0.365. The largest absolute Gasteiger partial charge is 0.497 e. The number of hydrogen-bond donors (Lipinski definition) is 1. The van der Waals surface area contributed by atoms with Gasteiger partial charge in [-0.25, -0.2) is 0 Å². The molecule has 0 aromatic heterocycles. The normalized spacial score (nSPS) is 12.5. The van der Waals surface area contributed by atoms with Crippen LogP contribution in [-0.2, 0) is 17.9 Å². The fourth-order valence-corrected chi connectivity index (χ4v) is 4.36. The topological polar surface area (TPSA) is 86.3 Å². The van der Waals surface area contributed by atoms with Gasteiger partial charge in [-0.15, -0.1) is 0 Å². The minimum Gasteiger partial charge on any atom is -0.497 e. The molecule has 1 N–H and O–H groups in total. The summed E-state index contributed by atoms with van der Waals surface area (Å²) >= 11 is 0. The summed E-state index contributed by atoms with van der Waals surface area (Å²) in [6.45, 7) is 3.03. The number of carbonyl (C=O) groups is 2. The second-order valence-corrected chi connectivity index (χ2v) is 9.14. The van der Waals surface area contributed by atoms with Crippen LogP contribution >= 0.6 is 0 Å². The van der Waals surface area contributed by atoms with Crippen molar-refractivity contribution in [3.05, 3.63) is 83.4 Å². The van der Waals surface area contributed by atoms with Gasteiger partial charge in [-0.2, -0.15) is 0 Å². The molecule has 0 radical (unpaired) electrons. The fraction of sp³-hybridized carbons (Fsp3) is 0.333. The number of hydrogen-bond acceptors (Lipinski definition) is 6. The van der Waals surface area contributed by atoms with Crippen molar-refractivity contribution >= 4 is 11.8 Å². The Kier molecular flexibility index (Phi) is 9.08. The Hall–Kier alpha value is -4.20. The number of amides is 2. The van der Waals surface area contributed by atoms with Crippen molar-refractivity contribution in [2.45, 2.75) is 45.3 Å². The summed E-state index contributed by atoms with van der Waals surface area (Å²) < 4.78 is 21.4. The first-order valence-electron chi connectivity index (χ1n) is 12.7. The monoisotopic (exact) mass is 518 g/mol. The average molecular weight is 519 g/mol. The van der Waals surface area contributed by atoms with Gasteiger partial charge in [-0.3, -0.25) is 9.59 Å². The second-order valence-electron chi connectivity index (χ2n) is 9.14. The molecule has 8 heteroatoms. The zero-order valence-electron chi connectivity index (χ0n) is 22.1. The van der Waals surface area contributed by atoms with E-state index < -0.39 is 0 Å². The maximum atomic E-state index is 13.5. The predicted octanol–water partition coefficient (Wildman–Crippen LogP) is 4.95. The number of rotatable bonds is 12. The molecule has 1 heterocycles. The van der Waals surface area contributed by atoms with Gasteiger partial charge in [0.15, 0.2) is 11.5 Å². The summed E-state index contributed by atoms with van der Waals surface area (Å²) in [5, 5.41) is 3.06. The molecule has 3 aromatic carbocycles. The van der Waals surface area contributed by atoms with E-state index >= 15 is 0 Å². The Morgan fingerprint density at radius 2 is 1.53 bits per heavy atom. The Bertz CT molecular complexity index is 1210. The molecule has 1 aliphatic rings. The molecule has 200 valence electrons. The molecule has 0 bridgehead atoms. The van der Waals surface area contributed by atoms with Gasteiger partial charge < -0.3 is 29.2 Å². The van der Waals surface area contributed by atoms with E-state index in [1.165, 1.54) is 0 Å². The zero-order chi connectivity index (χ0) is 26.9. The minimum atomic E-state index is -0.202.